The zero-order valence-electron chi connectivity index (χ0n) is 15.9. The average Bonchev–Trinajstić information content (AvgIpc) is 3.12. The van der Waals surface area contributed by atoms with Crippen molar-refractivity contribution >= 4 is 16.8 Å². The van der Waals surface area contributed by atoms with Gasteiger partial charge in [0, 0.05) is 23.5 Å². The quantitative estimate of drug-likeness (QED) is 0.747. The van der Waals surface area contributed by atoms with Crippen LogP contribution in [0.5, 0.6) is 0 Å². The van der Waals surface area contributed by atoms with Gasteiger partial charge in [-0.15, -0.1) is 0 Å². The maximum Gasteiger partial charge on any atom is 0.250 e. The highest BCUT2D eigenvalue weighted by atomic mass is 16.1. The fourth-order valence-electron chi connectivity index (χ4n) is 4.32. The molecule has 2 heterocycles. The molecule has 0 spiro atoms. The largest absolute Gasteiger partial charge is 0.366 e. The molecule has 1 saturated heterocycles. The van der Waals surface area contributed by atoms with E-state index in [-0.39, 0.29) is 5.41 Å². The van der Waals surface area contributed by atoms with Gasteiger partial charge in [0.05, 0.1) is 11.3 Å². The van der Waals surface area contributed by atoms with E-state index in [2.05, 4.69) is 48.5 Å². The van der Waals surface area contributed by atoms with Crippen molar-refractivity contribution in [3.63, 3.8) is 0 Å². The van der Waals surface area contributed by atoms with E-state index in [1.54, 1.807) is 6.07 Å². The summed E-state index contributed by atoms with van der Waals surface area (Å²) in [4.78, 5) is 11.6. The Kier molecular flexibility index (Phi) is 4.48. The highest BCUT2D eigenvalue weighted by Gasteiger charge is 2.36. The number of benzene rings is 2. The van der Waals surface area contributed by atoms with Gasteiger partial charge in [-0.1, -0.05) is 38.1 Å². The molecule has 5 heteroatoms. The zero-order valence-corrected chi connectivity index (χ0v) is 15.9. The second-order valence-electron chi connectivity index (χ2n) is 7.82. The van der Waals surface area contributed by atoms with E-state index in [0.29, 0.717) is 17.0 Å². The van der Waals surface area contributed by atoms with Crippen LogP contribution in [0.25, 0.3) is 16.6 Å². The Bertz CT molecular complexity index is 966. The maximum atomic E-state index is 11.6. The normalized spacial score (nSPS) is 20.3. The first-order chi connectivity index (χ1) is 13.0. The molecular weight excluding hydrogens is 336 g/mol. The van der Waals surface area contributed by atoms with Gasteiger partial charge in [-0.2, -0.15) is 5.10 Å². The smallest absolute Gasteiger partial charge is 0.250 e. The van der Waals surface area contributed by atoms with Crippen LogP contribution in [0.15, 0.2) is 48.7 Å². The fraction of sp³-hybridized carbons (Fsp3) is 0.364. The van der Waals surface area contributed by atoms with Crippen LogP contribution in [0.2, 0.25) is 0 Å². The Labute approximate surface area is 159 Å². The van der Waals surface area contributed by atoms with E-state index in [4.69, 9.17) is 5.73 Å². The lowest BCUT2D eigenvalue weighted by Gasteiger charge is -2.42. The summed E-state index contributed by atoms with van der Waals surface area (Å²) < 4.78 is 1.82. The van der Waals surface area contributed by atoms with Crippen molar-refractivity contribution < 1.29 is 4.79 Å². The van der Waals surface area contributed by atoms with Crippen molar-refractivity contribution in [1.82, 2.24) is 15.1 Å². The Morgan fingerprint density at radius 3 is 2.63 bits per heavy atom. The lowest BCUT2D eigenvalue weighted by molar-refractivity contribution is 0.100. The maximum absolute atomic E-state index is 11.6. The molecule has 140 valence electrons. The molecular formula is C22H26N4O. The minimum Gasteiger partial charge on any atom is -0.366 e. The van der Waals surface area contributed by atoms with Crippen molar-refractivity contribution in [2.24, 2.45) is 11.7 Å². The molecule has 0 saturated carbocycles. The molecule has 3 aromatic rings. The molecule has 1 aliphatic heterocycles. The average molecular weight is 362 g/mol. The second kappa shape index (κ2) is 6.82. The van der Waals surface area contributed by atoms with Crippen LogP contribution in [-0.4, -0.2) is 28.8 Å². The van der Waals surface area contributed by atoms with Gasteiger partial charge >= 0.3 is 0 Å². The molecule has 0 radical (unpaired) electrons. The van der Waals surface area contributed by atoms with Crippen LogP contribution >= 0.6 is 0 Å². The summed E-state index contributed by atoms with van der Waals surface area (Å²) in [6, 6.07) is 14.2. The number of carbonyl (C=O) groups excluding carboxylic acids is 1. The zero-order chi connectivity index (χ0) is 19.0. The first-order valence-electron chi connectivity index (χ1n) is 9.61. The number of hydrogen-bond acceptors (Lipinski definition) is 3. The molecule has 3 N–H and O–H groups in total. The van der Waals surface area contributed by atoms with Crippen molar-refractivity contribution in [2.75, 3.05) is 13.1 Å². The van der Waals surface area contributed by atoms with Gasteiger partial charge in [0.15, 0.2) is 0 Å². The molecule has 5 nitrogen and oxygen atoms in total. The van der Waals surface area contributed by atoms with Gasteiger partial charge in [0.25, 0.3) is 5.91 Å². The summed E-state index contributed by atoms with van der Waals surface area (Å²) in [6.45, 7) is 6.76. The summed E-state index contributed by atoms with van der Waals surface area (Å²) in [5, 5.41) is 9.09. The van der Waals surface area contributed by atoms with E-state index in [9.17, 15) is 4.79 Å². The minimum absolute atomic E-state index is 0.185. The summed E-state index contributed by atoms with van der Waals surface area (Å²) in [5.41, 5.74) is 9.12. The van der Waals surface area contributed by atoms with Gasteiger partial charge in [0.2, 0.25) is 0 Å². The molecule has 4 rings (SSSR count). The number of nitrogens with zero attached hydrogens (tertiary/aromatic N) is 2. The van der Waals surface area contributed by atoms with Crippen LogP contribution < -0.4 is 11.1 Å². The molecule has 1 amide bonds. The van der Waals surface area contributed by atoms with Crippen molar-refractivity contribution in [3.8, 4) is 5.69 Å². The van der Waals surface area contributed by atoms with Gasteiger partial charge in [-0.05, 0) is 49.1 Å². The lowest BCUT2D eigenvalue weighted by Crippen LogP contribution is -2.46. The highest BCUT2D eigenvalue weighted by molar-refractivity contribution is 6.04. The number of fused-ring (bicyclic) bond motifs is 1. The molecule has 0 aliphatic carbocycles. The molecule has 0 unspecified atom stereocenters. The number of amides is 1. The lowest BCUT2D eigenvalue weighted by atomic mass is 9.67. The van der Waals surface area contributed by atoms with Crippen LogP contribution in [0, 0.1) is 5.92 Å². The van der Waals surface area contributed by atoms with E-state index >= 15 is 0 Å². The number of rotatable bonds is 4. The second-order valence-corrected chi connectivity index (χ2v) is 7.82. The van der Waals surface area contributed by atoms with Crippen LogP contribution in [-0.2, 0) is 5.41 Å². The van der Waals surface area contributed by atoms with Crippen LogP contribution in [0.4, 0.5) is 0 Å². The Hall–Kier alpha value is -2.66. The first-order valence-corrected chi connectivity index (χ1v) is 9.61. The minimum atomic E-state index is -0.454. The van der Waals surface area contributed by atoms with Crippen molar-refractivity contribution in [3.05, 3.63) is 59.8 Å². The SMILES string of the molecule is CC(C)[C@]1(c2ccc(-n3cc4cccc(C(N)=O)c4n3)cc2)CCCNC1. The summed E-state index contributed by atoms with van der Waals surface area (Å²) >= 11 is 0. The summed E-state index contributed by atoms with van der Waals surface area (Å²) in [6.07, 6.45) is 4.36. The van der Waals surface area contributed by atoms with Crippen LogP contribution in [0.3, 0.4) is 0 Å². The van der Waals surface area contributed by atoms with E-state index in [0.717, 1.165) is 24.2 Å². The van der Waals surface area contributed by atoms with Gasteiger partial charge in [-0.25, -0.2) is 4.68 Å². The topological polar surface area (TPSA) is 72.9 Å². The third kappa shape index (κ3) is 3.02. The third-order valence-electron chi connectivity index (χ3n) is 6.03. The molecule has 27 heavy (non-hydrogen) atoms. The number of nitrogens with two attached hydrogens (primary N) is 1. The van der Waals surface area contributed by atoms with Gasteiger partial charge < -0.3 is 11.1 Å². The Morgan fingerprint density at radius 2 is 2.00 bits per heavy atom. The number of hydrogen-bond donors (Lipinski definition) is 2. The van der Waals surface area contributed by atoms with E-state index in [1.807, 2.05) is 23.0 Å². The molecule has 1 aliphatic rings. The molecule has 1 fully saturated rings. The Balaban J connectivity index is 1.71. The van der Waals surface area contributed by atoms with Gasteiger partial charge in [-0.3, -0.25) is 4.79 Å². The Morgan fingerprint density at radius 1 is 1.22 bits per heavy atom. The molecule has 0 bridgehead atoms. The van der Waals surface area contributed by atoms with Gasteiger partial charge in [0.1, 0.15) is 5.52 Å². The standard InChI is InChI=1S/C22H26N4O/c1-15(2)22(11-4-12-24-14-22)17-7-9-18(10-8-17)26-13-16-5-3-6-19(21(23)27)20(16)25-26/h3,5-10,13,15,24H,4,11-12,14H2,1-2H3,(H2,23,27)/t22-/m0/s1. The van der Waals surface area contributed by atoms with E-state index in [1.165, 1.54) is 18.4 Å². The molecule has 1 atom stereocenters. The van der Waals surface area contributed by atoms with E-state index < -0.39 is 5.91 Å². The first kappa shape index (κ1) is 17.7. The fourth-order valence-corrected chi connectivity index (χ4v) is 4.32. The number of carbonyl (C=O) groups is 1. The summed E-state index contributed by atoms with van der Waals surface area (Å²) in [5.74, 6) is 0.117. The number of nitrogens with one attached hydrogen (secondary N) is 1. The monoisotopic (exact) mass is 362 g/mol. The van der Waals surface area contributed by atoms with Crippen molar-refractivity contribution in [2.45, 2.75) is 32.1 Å². The third-order valence-corrected chi connectivity index (χ3v) is 6.03. The predicted octanol–water partition coefficient (Wildman–Crippen LogP) is 3.40. The predicted molar refractivity (Wildman–Crippen MR) is 108 cm³/mol. The summed E-state index contributed by atoms with van der Waals surface area (Å²) in [7, 11) is 0. The van der Waals surface area contributed by atoms with Crippen LogP contribution in [0.1, 0.15) is 42.6 Å². The highest BCUT2D eigenvalue weighted by Crippen LogP contribution is 2.38. The van der Waals surface area contributed by atoms with Crippen molar-refractivity contribution in [1.29, 1.82) is 0 Å². The molecule has 2 aromatic carbocycles. The molecule has 1 aromatic heterocycles. The number of piperidine rings is 1. The number of primary amides is 1. The number of aromatic nitrogens is 2.